The molecule has 0 aromatic heterocycles. The fourth-order valence-corrected chi connectivity index (χ4v) is 3.01. The van der Waals surface area contributed by atoms with Gasteiger partial charge in [-0.2, -0.15) is 0 Å². The summed E-state index contributed by atoms with van der Waals surface area (Å²) in [5, 5.41) is 0. The molecule has 2 fully saturated rings. The SMILES string of the molecule is CC(=O)O[C@@]1(C)C[C@@H]2CC[C@@H]1C2. The second kappa shape index (κ2) is 2.48. The third-order valence-electron chi connectivity index (χ3n) is 3.48. The summed E-state index contributed by atoms with van der Waals surface area (Å²) in [7, 11) is 0. The molecule has 2 bridgehead atoms. The van der Waals surface area contributed by atoms with Crippen LogP contribution >= 0.6 is 0 Å². The molecule has 2 saturated carbocycles. The van der Waals surface area contributed by atoms with Gasteiger partial charge < -0.3 is 4.74 Å². The lowest BCUT2D eigenvalue weighted by Gasteiger charge is -2.33. The quantitative estimate of drug-likeness (QED) is 0.561. The van der Waals surface area contributed by atoms with E-state index < -0.39 is 0 Å². The minimum atomic E-state index is -0.120. The molecule has 2 aliphatic carbocycles. The highest BCUT2D eigenvalue weighted by Crippen LogP contribution is 2.52. The molecule has 0 unspecified atom stereocenters. The van der Waals surface area contributed by atoms with Crippen LogP contribution in [0.1, 0.15) is 39.5 Å². The number of rotatable bonds is 1. The average molecular weight is 168 g/mol. The van der Waals surface area contributed by atoms with Crippen molar-refractivity contribution in [3.8, 4) is 0 Å². The van der Waals surface area contributed by atoms with E-state index in [1.54, 1.807) is 0 Å². The maximum absolute atomic E-state index is 10.9. The van der Waals surface area contributed by atoms with E-state index in [-0.39, 0.29) is 11.6 Å². The predicted octanol–water partition coefficient (Wildman–Crippen LogP) is 2.13. The van der Waals surface area contributed by atoms with Gasteiger partial charge in [0.1, 0.15) is 5.60 Å². The van der Waals surface area contributed by atoms with Crippen LogP contribution in [0.2, 0.25) is 0 Å². The zero-order valence-corrected chi connectivity index (χ0v) is 7.80. The Labute approximate surface area is 73.3 Å². The van der Waals surface area contributed by atoms with Crippen LogP contribution in [-0.4, -0.2) is 11.6 Å². The molecule has 0 saturated heterocycles. The summed E-state index contributed by atoms with van der Waals surface area (Å²) in [5.74, 6) is 1.36. The van der Waals surface area contributed by atoms with E-state index in [0.717, 1.165) is 12.3 Å². The van der Waals surface area contributed by atoms with Gasteiger partial charge >= 0.3 is 5.97 Å². The van der Waals surface area contributed by atoms with Crippen molar-refractivity contribution in [1.82, 2.24) is 0 Å². The molecular formula is C10H16O2. The van der Waals surface area contributed by atoms with E-state index in [0.29, 0.717) is 5.92 Å². The third kappa shape index (κ3) is 1.13. The van der Waals surface area contributed by atoms with Crippen molar-refractivity contribution in [2.24, 2.45) is 11.8 Å². The summed E-state index contributed by atoms with van der Waals surface area (Å²) in [4.78, 5) is 10.9. The van der Waals surface area contributed by atoms with Gasteiger partial charge in [0.15, 0.2) is 0 Å². The molecule has 12 heavy (non-hydrogen) atoms. The number of carbonyl (C=O) groups excluding carboxylic acids is 1. The minimum Gasteiger partial charge on any atom is -0.459 e. The first-order valence-electron chi connectivity index (χ1n) is 4.80. The van der Waals surface area contributed by atoms with Crippen molar-refractivity contribution >= 4 is 5.97 Å². The van der Waals surface area contributed by atoms with Gasteiger partial charge in [0.2, 0.25) is 0 Å². The average Bonchev–Trinajstić information content (AvgIpc) is 2.42. The van der Waals surface area contributed by atoms with Crippen molar-refractivity contribution in [3.05, 3.63) is 0 Å². The molecule has 2 aliphatic rings. The number of esters is 1. The van der Waals surface area contributed by atoms with E-state index in [1.165, 1.54) is 26.2 Å². The summed E-state index contributed by atoms with van der Waals surface area (Å²) >= 11 is 0. The zero-order valence-electron chi connectivity index (χ0n) is 7.80. The van der Waals surface area contributed by atoms with Crippen LogP contribution in [0.3, 0.4) is 0 Å². The Hall–Kier alpha value is -0.530. The molecule has 0 amide bonds. The summed E-state index contributed by atoms with van der Waals surface area (Å²) in [5.41, 5.74) is -0.116. The second-order valence-electron chi connectivity index (χ2n) is 4.49. The maximum atomic E-state index is 10.9. The molecule has 0 heterocycles. The molecule has 2 nitrogen and oxygen atoms in total. The standard InChI is InChI=1S/C10H16O2/c1-7(11)12-10(2)6-8-3-4-9(10)5-8/h8-9H,3-6H2,1-2H3/t8-,9-,10+/m1/s1. The normalized spacial score (nSPS) is 44.8. The Morgan fingerprint density at radius 2 is 2.25 bits per heavy atom. The van der Waals surface area contributed by atoms with Gasteiger partial charge in [-0.1, -0.05) is 0 Å². The molecule has 0 spiro atoms. The fraction of sp³-hybridized carbons (Fsp3) is 0.900. The predicted molar refractivity (Wildman–Crippen MR) is 45.6 cm³/mol. The number of hydrogen-bond acceptors (Lipinski definition) is 2. The Balaban J connectivity index is 2.07. The molecule has 0 aromatic carbocycles. The number of fused-ring (bicyclic) bond motifs is 2. The van der Waals surface area contributed by atoms with Crippen LogP contribution < -0.4 is 0 Å². The monoisotopic (exact) mass is 168 g/mol. The van der Waals surface area contributed by atoms with Crippen LogP contribution in [0.5, 0.6) is 0 Å². The van der Waals surface area contributed by atoms with Gasteiger partial charge in [0.25, 0.3) is 0 Å². The Morgan fingerprint density at radius 3 is 2.67 bits per heavy atom. The van der Waals surface area contributed by atoms with Crippen LogP contribution in [0.15, 0.2) is 0 Å². The van der Waals surface area contributed by atoms with E-state index in [2.05, 4.69) is 6.92 Å². The van der Waals surface area contributed by atoms with Crippen LogP contribution in [0.25, 0.3) is 0 Å². The third-order valence-corrected chi connectivity index (χ3v) is 3.48. The molecule has 0 N–H and O–H groups in total. The lowest BCUT2D eigenvalue weighted by molar-refractivity contribution is -0.160. The first-order valence-corrected chi connectivity index (χ1v) is 4.80. The highest BCUT2D eigenvalue weighted by Gasteiger charge is 2.50. The summed E-state index contributed by atoms with van der Waals surface area (Å²) in [6.45, 7) is 3.61. The number of ether oxygens (including phenoxy) is 1. The first-order chi connectivity index (χ1) is 5.60. The molecule has 2 rings (SSSR count). The number of hydrogen-bond donors (Lipinski definition) is 0. The van der Waals surface area contributed by atoms with Gasteiger partial charge in [-0.15, -0.1) is 0 Å². The highest BCUT2D eigenvalue weighted by atomic mass is 16.6. The van der Waals surface area contributed by atoms with Crippen LogP contribution in [0, 0.1) is 11.8 Å². The smallest absolute Gasteiger partial charge is 0.303 e. The second-order valence-corrected chi connectivity index (χ2v) is 4.49. The molecule has 2 heteroatoms. The van der Waals surface area contributed by atoms with Crippen molar-refractivity contribution in [2.75, 3.05) is 0 Å². The maximum Gasteiger partial charge on any atom is 0.303 e. The largest absolute Gasteiger partial charge is 0.459 e. The molecular weight excluding hydrogens is 152 g/mol. The van der Waals surface area contributed by atoms with Gasteiger partial charge in [-0.3, -0.25) is 4.79 Å². The minimum absolute atomic E-state index is 0.116. The summed E-state index contributed by atoms with van der Waals surface area (Å²) in [6, 6.07) is 0. The summed E-state index contributed by atoms with van der Waals surface area (Å²) < 4.78 is 5.39. The van der Waals surface area contributed by atoms with Gasteiger partial charge in [-0.25, -0.2) is 0 Å². The Bertz CT molecular complexity index is 212. The van der Waals surface area contributed by atoms with Crippen LogP contribution in [0.4, 0.5) is 0 Å². The molecule has 0 aliphatic heterocycles. The molecule has 3 atom stereocenters. The van der Waals surface area contributed by atoms with Crippen LogP contribution in [-0.2, 0) is 9.53 Å². The van der Waals surface area contributed by atoms with E-state index in [9.17, 15) is 4.79 Å². The lowest BCUT2D eigenvalue weighted by Crippen LogP contribution is -2.36. The molecule has 0 aromatic rings. The van der Waals surface area contributed by atoms with E-state index in [1.807, 2.05) is 0 Å². The van der Waals surface area contributed by atoms with Crippen molar-refractivity contribution in [2.45, 2.75) is 45.1 Å². The number of carbonyl (C=O) groups is 1. The highest BCUT2D eigenvalue weighted by molar-refractivity contribution is 5.66. The zero-order chi connectivity index (χ0) is 8.77. The fourth-order valence-electron chi connectivity index (χ4n) is 3.01. The lowest BCUT2D eigenvalue weighted by atomic mass is 9.86. The topological polar surface area (TPSA) is 26.3 Å². The van der Waals surface area contributed by atoms with Gasteiger partial charge in [0.05, 0.1) is 0 Å². The molecule has 0 radical (unpaired) electrons. The first kappa shape index (κ1) is 8.09. The van der Waals surface area contributed by atoms with Crippen molar-refractivity contribution < 1.29 is 9.53 Å². The Kier molecular flexibility index (Phi) is 1.67. The van der Waals surface area contributed by atoms with Gasteiger partial charge in [-0.05, 0) is 44.4 Å². The molecule has 68 valence electrons. The van der Waals surface area contributed by atoms with E-state index >= 15 is 0 Å². The Morgan fingerprint density at radius 1 is 1.50 bits per heavy atom. The summed E-state index contributed by atoms with van der Waals surface area (Å²) in [6.07, 6.45) is 4.98. The van der Waals surface area contributed by atoms with E-state index in [4.69, 9.17) is 4.74 Å². The van der Waals surface area contributed by atoms with Gasteiger partial charge in [0, 0.05) is 6.92 Å². The van der Waals surface area contributed by atoms with Crippen molar-refractivity contribution in [3.63, 3.8) is 0 Å². The van der Waals surface area contributed by atoms with Crippen molar-refractivity contribution in [1.29, 1.82) is 0 Å².